The van der Waals surface area contributed by atoms with Gasteiger partial charge < -0.3 is 14.6 Å². The first-order valence-electron chi connectivity index (χ1n) is 13.4. The Morgan fingerprint density at radius 1 is 1.06 bits per heavy atom. The summed E-state index contributed by atoms with van der Waals surface area (Å²) in [5.74, 6) is -0.587. The average Bonchev–Trinajstić information content (AvgIpc) is 2.86. The third kappa shape index (κ3) is 3.22. The van der Waals surface area contributed by atoms with Crippen molar-refractivity contribution in [3.63, 3.8) is 0 Å². The van der Waals surface area contributed by atoms with Gasteiger partial charge in [0, 0.05) is 41.4 Å². The Morgan fingerprint density at radius 3 is 2.56 bits per heavy atom. The zero-order chi connectivity index (χ0) is 25.8. The minimum atomic E-state index is -1.06. The van der Waals surface area contributed by atoms with E-state index in [1.54, 1.807) is 6.92 Å². The lowest BCUT2D eigenvalue weighted by Crippen LogP contribution is -2.48. The van der Waals surface area contributed by atoms with Crippen LogP contribution < -0.4 is 0 Å². The topological polar surface area (TPSA) is 89.9 Å². The molecule has 192 valence electrons. The first-order valence-corrected chi connectivity index (χ1v) is 13.4. The molecule has 2 aliphatic heterocycles. The molecule has 6 aliphatic rings. The molecule has 1 unspecified atom stereocenters. The lowest BCUT2D eigenvalue weighted by atomic mass is 9.56. The van der Waals surface area contributed by atoms with Gasteiger partial charge in [0.1, 0.15) is 11.7 Å². The molecule has 0 spiro atoms. The number of allylic oxidation sites excluding steroid dienone is 2. The monoisotopic (exact) mass is 492 g/mol. The van der Waals surface area contributed by atoms with Crippen LogP contribution in [0.25, 0.3) is 0 Å². The molecule has 0 bridgehead atoms. The predicted octanol–water partition coefficient (Wildman–Crippen LogP) is 4.39. The van der Waals surface area contributed by atoms with Gasteiger partial charge in [-0.2, -0.15) is 0 Å². The van der Waals surface area contributed by atoms with Crippen molar-refractivity contribution in [2.75, 3.05) is 0 Å². The maximum Gasteiger partial charge on any atom is 0.333 e. The third-order valence-electron chi connectivity index (χ3n) is 10.4. The molecule has 36 heavy (non-hydrogen) atoms. The molecule has 1 fully saturated rings. The maximum absolute atomic E-state index is 13.7. The highest BCUT2D eigenvalue weighted by molar-refractivity contribution is 5.99. The summed E-state index contributed by atoms with van der Waals surface area (Å²) in [6.07, 6.45) is 10.2. The molecule has 6 rings (SSSR count). The van der Waals surface area contributed by atoms with Gasteiger partial charge in [-0.15, -0.1) is 0 Å². The molecule has 0 aromatic rings. The molecule has 0 saturated heterocycles. The summed E-state index contributed by atoms with van der Waals surface area (Å²) >= 11 is 0. The fraction of sp³-hybridized carbons (Fsp3) is 0.633. The highest BCUT2D eigenvalue weighted by atomic mass is 16.6. The van der Waals surface area contributed by atoms with Crippen molar-refractivity contribution in [3.8, 4) is 0 Å². The van der Waals surface area contributed by atoms with Crippen LogP contribution in [0.5, 0.6) is 0 Å². The Labute approximate surface area is 212 Å². The highest BCUT2D eigenvalue weighted by Gasteiger charge is 2.64. The van der Waals surface area contributed by atoms with E-state index in [-0.39, 0.29) is 58.8 Å². The fourth-order valence-electron chi connectivity index (χ4n) is 8.81. The van der Waals surface area contributed by atoms with Crippen LogP contribution in [0.4, 0.5) is 0 Å². The number of ether oxygens (including phenoxy) is 2. The van der Waals surface area contributed by atoms with Crippen molar-refractivity contribution in [3.05, 3.63) is 46.6 Å². The van der Waals surface area contributed by atoms with Gasteiger partial charge in [0.05, 0.1) is 5.60 Å². The Morgan fingerprint density at radius 2 is 1.81 bits per heavy atom. The smallest absolute Gasteiger partial charge is 0.333 e. The molecule has 4 aliphatic carbocycles. The van der Waals surface area contributed by atoms with Gasteiger partial charge in [0.25, 0.3) is 0 Å². The van der Waals surface area contributed by atoms with Crippen LogP contribution in [0.1, 0.15) is 66.7 Å². The summed E-state index contributed by atoms with van der Waals surface area (Å²) in [6.45, 7) is 9.89. The summed E-state index contributed by atoms with van der Waals surface area (Å²) < 4.78 is 11.5. The molecule has 8 atom stereocenters. The zero-order valence-electron chi connectivity index (χ0n) is 21.8. The first-order chi connectivity index (χ1) is 16.8. The molecule has 1 N–H and O–H groups in total. The molecule has 0 aromatic heterocycles. The van der Waals surface area contributed by atoms with Crippen molar-refractivity contribution in [1.82, 2.24) is 0 Å². The number of fused-ring (bicyclic) bond motifs is 6. The summed E-state index contributed by atoms with van der Waals surface area (Å²) in [6, 6.07) is 0. The van der Waals surface area contributed by atoms with Crippen LogP contribution >= 0.6 is 0 Å². The van der Waals surface area contributed by atoms with E-state index in [1.165, 1.54) is 6.08 Å². The number of ketones is 1. The number of carbonyl (C=O) groups is 3. The van der Waals surface area contributed by atoms with Crippen molar-refractivity contribution >= 4 is 17.7 Å². The SMILES string of the molecule is CC1=C[C@@H]2CC3=C(C(=O)C[C@@]4(C)C5CC[C@@H]6C(=C[C@@]5(O)C[C@@H]34)C=CC(=O)OC6(C)C)[C@H](C)[C@@H]2OC1=O. The molecule has 0 amide bonds. The van der Waals surface area contributed by atoms with Gasteiger partial charge in [0.2, 0.25) is 0 Å². The summed E-state index contributed by atoms with van der Waals surface area (Å²) in [5, 5.41) is 12.3. The number of esters is 2. The van der Waals surface area contributed by atoms with Crippen LogP contribution in [0.15, 0.2) is 46.6 Å². The van der Waals surface area contributed by atoms with Crippen molar-refractivity contribution in [1.29, 1.82) is 0 Å². The van der Waals surface area contributed by atoms with Gasteiger partial charge in [-0.05, 0) is 75.4 Å². The van der Waals surface area contributed by atoms with Gasteiger partial charge in [-0.3, -0.25) is 4.79 Å². The number of carbonyl (C=O) groups excluding carboxylic acids is 3. The van der Waals surface area contributed by atoms with E-state index in [2.05, 4.69) is 6.92 Å². The Hall–Kier alpha value is -2.47. The normalized spacial score (nSPS) is 45.0. The second-order valence-corrected chi connectivity index (χ2v) is 12.9. The standard InChI is InChI=1S/C30H36O6/c1-15-10-18-11-19-21-13-30(34)12-17-6-9-24(32)36-28(3,4)20(17)7-8-23(30)29(21,5)14-22(31)25(19)16(2)26(18)35-27(15)33/h6,9-10,12,16,18,20-21,23,26,34H,7-8,11,13-14H2,1-5H3/t16-,18+,20+,21-,23?,26-,29+,30+/m0/s1. The second kappa shape index (κ2) is 7.53. The van der Waals surface area contributed by atoms with Gasteiger partial charge in [0.15, 0.2) is 5.78 Å². The molecule has 6 heteroatoms. The van der Waals surface area contributed by atoms with Crippen molar-refractivity contribution in [2.45, 2.75) is 84.0 Å². The minimum Gasteiger partial charge on any atom is -0.458 e. The molecule has 0 aromatic carbocycles. The molecule has 0 radical (unpaired) electrons. The number of Topliss-reactive ketones (excluding diaryl/α,β-unsaturated/α-hetero) is 1. The van der Waals surface area contributed by atoms with Crippen LogP contribution in [-0.2, 0) is 23.9 Å². The number of rotatable bonds is 0. The van der Waals surface area contributed by atoms with Gasteiger partial charge in [-0.25, -0.2) is 9.59 Å². The molecule has 2 heterocycles. The van der Waals surface area contributed by atoms with E-state index < -0.39 is 11.2 Å². The molecular formula is C30H36O6. The van der Waals surface area contributed by atoms with E-state index in [0.29, 0.717) is 24.8 Å². The fourth-order valence-corrected chi connectivity index (χ4v) is 8.81. The molecular weight excluding hydrogens is 456 g/mol. The lowest BCUT2D eigenvalue weighted by Gasteiger charge is -2.48. The highest BCUT2D eigenvalue weighted by Crippen LogP contribution is 2.65. The van der Waals surface area contributed by atoms with Gasteiger partial charge in [-0.1, -0.05) is 31.6 Å². The number of hydrogen-bond donors (Lipinski definition) is 1. The predicted molar refractivity (Wildman–Crippen MR) is 132 cm³/mol. The lowest BCUT2D eigenvalue weighted by molar-refractivity contribution is -0.153. The number of cyclic esters (lactones) is 1. The average molecular weight is 493 g/mol. The molecule has 6 nitrogen and oxygen atoms in total. The number of aliphatic hydroxyl groups is 1. The van der Waals surface area contributed by atoms with Gasteiger partial charge >= 0.3 is 11.9 Å². The van der Waals surface area contributed by atoms with E-state index in [9.17, 15) is 19.5 Å². The third-order valence-corrected chi connectivity index (χ3v) is 10.4. The Balaban J connectivity index is 1.43. The van der Waals surface area contributed by atoms with Crippen LogP contribution in [0.3, 0.4) is 0 Å². The first kappa shape index (κ1) is 23.9. The second-order valence-electron chi connectivity index (χ2n) is 12.9. The largest absolute Gasteiger partial charge is 0.458 e. The zero-order valence-corrected chi connectivity index (χ0v) is 21.8. The summed E-state index contributed by atoms with van der Waals surface area (Å²) in [7, 11) is 0. The van der Waals surface area contributed by atoms with E-state index >= 15 is 0 Å². The van der Waals surface area contributed by atoms with Crippen LogP contribution in [-0.4, -0.2) is 40.1 Å². The summed E-state index contributed by atoms with van der Waals surface area (Å²) in [5.41, 5.74) is 1.49. The minimum absolute atomic E-state index is 0.00792. The maximum atomic E-state index is 13.7. The summed E-state index contributed by atoms with van der Waals surface area (Å²) in [4.78, 5) is 38.2. The van der Waals surface area contributed by atoms with Crippen LogP contribution in [0, 0.1) is 35.0 Å². The van der Waals surface area contributed by atoms with Crippen molar-refractivity contribution < 1.29 is 29.0 Å². The Kier molecular flexibility index (Phi) is 5.00. The van der Waals surface area contributed by atoms with Crippen LogP contribution in [0.2, 0.25) is 0 Å². The van der Waals surface area contributed by atoms with E-state index in [1.807, 2.05) is 39.0 Å². The van der Waals surface area contributed by atoms with Crippen molar-refractivity contribution in [2.24, 2.45) is 35.0 Å². The quantitative estimate of drug-likeness (QED) is 0.505. The molecule has 1 saturated carbocycles. The van der Waals surface area contributed by atoms with E-state index in [4.69, 9.17) is 9.47 Å². The number of hydrogen-bond acceptors (Lipinski definition) is 6. The van der Waals surface area contributed by atoms with E-state index in [0.717, 1.165) is 29.6 Å². The Bertz CT molecular complexity index is 1200.